The van der Waals surface area contributed by atoms with E-state index in [0.29, 0.717) is 5.75 Å². The number of ether oxygens (including phenoxy) is 2. The number of rotatable bonds is 8. The second-order valence-corrected chi connectivity index (χ2v) is 7.53. The van der Waals surface area contributed by atoms with Crippen molar-refractivity contribution in [1.82, 2.24) is 4.98 Å². The highest BCUT2D eigenvalue weighted by Gasteiger charge is 2.27. The number of carboxylic acids is 2. The largest absolute Gasteiger partial charge is 0.490 e. The van der Waals surface area contributed by atoms with Gasteiger partial charge in [-0.2, -0.15) is 0 Å². The Morgan fingerprint density at radius 2 is 1.66 bits per heavy atom. The van der Waals surface area contributed by atoms with Crippen molar-refractivity contribution in [1.29, 1.82) is 0 Å². The monoisotopic (exact) mass is 502 g/mol. The number of aromatic nitrogens is 1. The first-order chi connectivity index (χ1) is 15.2. The number of carbonyl (C=O) groups is 2. The molecule has 0 bridgehead atoms. The Labute approximate surface area is 190 Å². The van der Waals surface area contributed by atoms with Gasteiger partial charge in [0.2, 0.25) is 0 Å². The number of aromatic carboxylic acids is 2. The predicted molar refractivity (Wildman–Crippen MR) is 120 cm³/mol. The third-order valence-electron chi connectivity index (χ3n) is 4.51. The van der Waals surface area contributed by atoms with E-state index in [1.807, 2.05) is 24.3 Å². The average molecular weight is 503 g/mol. The average Bonchev–Trinajstić information content (AvgIpc) is 2.73. The minimum atomic E-state index is -1.59. The number of H-pyrrole nitrogens is 1. The summed E-state index contributed by atoms with van der Waals surface area (Å²) in [6.45, 7) is 2.26. The van der Waals surface area contributed by atoms with Crippen molar-refractivity contribution in [2.24, 2.45) is 0 Å². The first-order valence-electron chi connectivity index (χ1n) is 9.39. The predicted octanol–water partition coefficient (Wildman–Crippen LogP) is 3.76. The van der Waals surface area contributed by atoms with Crippen LogP contribution in [0.3, 0.4) is 0 Å². The summed E-state index contributed by atoms with van der Waals surface area (Å²) in [5.41, 5.74) is 4.15. The van der Waals surface area contributed by atoms with Crippen LogP contribution in [-0.4, -0.2) is 33.7 Å². The summed E-state index contributed by atoms with van der Waals surface area (Å²) < 4.78 is 12.4. The Kier molecular flexibility index (Phi) is 6.84. The normalized spacial score (nSPS) is 10.6. The molecule has 1 aromatic heterocycles. The molecule has 0 aliphatic rings. The lowest BCUT2D eigenvalue weighted by Crippen LogP contribution is -2.24. The van der Waals surface area contributed by atoms with Crippen LogP contribution in [0.5, 0.6) is 11.5 Å². The summed E-state index contributed by atoms with van der Waals surface area (Å²) in [5, 5.41) is 19.2. The van der Waals surface area contributed by atoms with Crippen LogP contribution < -0.4 is 20.8 Å². The van der Waals surface area contributed by atoms with Gasteiger partial charge in [0.1, 0.15) is 23.6 Å². The van der Waals surface area contributed by atoms with Gasteiger partial charge in [0.25, 0.3) is 5.56 Å². The summed E-state index contributed by atoms with van der Waals surface area (Å²) in [7, 11) is 0. The topological polar surface area (TPSA) is 152 Å². The maximum absolute atomic E-state index is 12.2. The molecule has 0 aliphatic heterocycles. The lowest BCUT2D eigenvalue weighted by Gasteiger charge is -2.16. The van der Waals surface area contributed by atoms with Gasteiger partial charge >= 0.3 is 11.9 Å². The molecule has 3 rings (SSSR count). The van der Waals surface area contributed by atoms with Gasteiger partial charge in [-0.3, -0.25) is 4.79 Å². The molecule has 9 nitrogen and oxygen atoms in total. The van der Waals surface area contributed by atoms with Gasteiger partial charge in [-0.25, -0.2) is 9.59 Å². The molecule has 0 spiro atoms. The molecule has 2 aromatic carbocycles. The molecule has 0 amide bonds. The lowest BCUT2D eigenvalue weighted by atomic mass is 9.95. The van der Waals surface area contributed by atoms with Gasteiger partial charge < -0.3 is 30.4 Å². The molecule has 0 saturated carbocycles. The van der Waals surface area contributed by atoms with Crippen LogP contribution in [0.1, 0.15) is 33.2 Å². The van der Waals surface area contributed by atoms with E-state index in [2.05, 4.69) is 20.9 Å². The number of nitrogens with one attached hydrogen (secondary N) is 1. The van der Waals surface area contributed by atoms with Crippen molar-refractivity contribution in [3.05, 3.63) is 74.0 Å². The molecule has 10 heteroatoms. The number of nitrogen functional groups attached to an aromatic ring is 1. The van der Waals surface area contributed by atoms with Crippen molar-refractivity contribution in [2.45, 2.75) is 13.5 Å². The van der Waals surface area contributed by atoms with Crippen LogP contribution in [0, 0.1) is 0 Å². The van der Waals surface area contributed by atoms with E-state index < -0.39 is 34.4 Å². The molecule has 1 heterocycles. The molecular formula is C22H19BrN2O7. The van der Waals surface area contributed by atoms with Gasteiger partial charge in [-0.15, -0.1) is 0 Å². The fourth-order valence-electron chi connectivity index (χ4n) is 3.13. The molecule has 3 aromatic rings. The number of aromatic amines is 1. The summed E-state index contributed by atoms with van der Waals surface area (Å²) in [6, 6.07) is 11.9. The minimum absolute atomic E-state index is 0.136. The van der Waals surface area contributed by atoms with E-state index in [4.69, 9.17) is 15.2 Å². The van der Waals surface area contributed by atoms with Crippen LogP contribution in [0.25, 0.3) is 11.1 Å². The first-order valence-corrected chi connectivity index (χ1v) is 10.2. The summed E-state index contributed by atoms with van der Waals surface area (Å²) in [6.07, 6.45) is 0. The second kappa shape index (κ2) is 9.56. The molecule has 0 aliphatic carbocycles. The zero-order valence-electron chi connectivity index (χ0n) is 16.8. The number of benzene rings is 2. The molecule has 32 heavy (non-hydrogen) atoms. The third-order valence-corrected chi connectivity index (χ3v) is 5.04. The molecule has 166 valence electrons. The molecule has 0 fully saturated rings. The zero-order chi connectivity index (χ0) is 23.4. The Balaban J connectivity index is 2.10. The number of carboxylic acid groups (broad SMARTS) is 2. The Morgan fingerprint density at radius 3 is 2.25 bits per heavy atom. The Hall–Kier alpha value is -3.79. The van der Waals surface area contributed by atoms with Crippen LogP contribution in [0.4, 0.5) is 5.82 Å². The number of anilines is 1. The standard InChI is InChI=1S/C22H19BrN2O7/c1-2-31-15-9-12(5-8-14(15)32-10-11-3-6-13(23)7-4-11)16-17(21(27)28)19(24)25-20(26)18(16)22(29)30/h3-9H,2,10H2,1H3,(H,27,28)(H,29,30)(H3,24,25,26). The number of halogens is 1. The van der Waals surface area contributed by atoms with Crippen LogP contribution >= 0.6 is 15.9 Å². The van der Waals surface area contributed by atoms with Gasteiger partial charge in [-0.05, 0) is 42.3 Å². The molecule has 0 unspecified atom stereocenters. The smallest absolute Gasteiger partial charge is 0.342 e. The summed E-state index contributed by atoms with van der Waals surface area (Å²) in [4.78, 5) is 37.9. The molecule has 5 N–H and O–H groups in total. The van der Waals surface area contributed by atoms with Crippen LogP contribution in [-0.2, 0) is 6.61 Å². The molecule has 0 atom stereocenters. The zero-order valence-corrected chi connectivity index (χ0v) is 18.4. The van der Waals surface area contributed by atoms with Gasteiger partial charge in [0.15, 0.2) is 11.5 Å². The molecule has 0 saturated heterocycles. The van der Waals surface area contributed by atoms with Gasteiger partial charge in [0, 0.05) is 10.0 Å². The van der Waals surface area contributed by atoms with E-state index in [1.54, 1.807) is 6.92 Å². The maximum atomic E-state index is 12.2. The number of hydrogen-bond acceptors (Lipinski definition) is 6. The highest BCUT2D eigenvalue weighted by atomic mass is 79.9. The quantitative estimate of drug-likeness (QED) is 0.363. The fraction of sp³-hybridized carbons (Fsp3) is 0.136. The highest BCUT2D eigenvalue weighted by molar-refractivity contribution is 9.10. The van der Waals surface area contributed by atoms with Crippen molar-refractivity contribution in [2.75, 3.05) is 12.3 Å². The van der Waals surface area contributed by atoms with Crippen molar-refractivity contribution >= 4 is 33.7 Å². The van der Waals surface area contributed by atoms with Gasteiger partial charge in [0.05, 0.1) is 6.61 Å². The van der Waals surface area contributed by atoms with E-state index in [0.717, 1.165) is 10.0 Å². The Morgan fingerprint density at radius 1 is 1.00 bits per heavy atom. The highest BCUT2D eigenvalue weighted by Crippen LogP contribution is 2.36. The van der Waals surface area contributed by atoms with Crippen molar-refractivity contribution in [3.8, 4) is 22.6 Å². The lowest BCUT2D eigenvalue weighted by molar-refractivity contribution is 0.0695. The number of pyridine rings is 1. The van der Waals surface area contributed by atoms with Crippen molar-refractivity contribution < 1.29 is 29.3 Å². The molecule has 0 radical (unpaired) electrons. The van der Waals surface area contributed by atoms with E-state index in [-0.39, 0.29) is 30.1 Å². The van der Waals surface area contributed by atoms with Crippen molar-refractivity contribution in [3.63, 3.8) is 0 Å². The van der Waals surface area contributed by atoms with Crippen LogP contribution in [0.15, 0.2) is 51.7 Å². The fourth-order valence-corrected chi connectivity index (χ4v) is 3.39. The Bertz CT molecular complexity index is 1240. The first kappa shape index (κ1) is 22.9. The van der Waals surface area contributed by atoms with E-state index in [1.165, 1.54) is 18.2 Å². The molecular weight excluding hydrogens is 484 g/mol. The third kappa shape index (κ3) is 4.75. The number of hydrogen-bond donors (Lipinski definition) is 4. The SMILES string of the molecule is CCOc1cc(-c2c(C(=O)O)c(N)[nH]c(=O)c2C(=O)O)ccc1OCc1ccc(Br)cc1. The van der Waals surface area contributed by atoms with E-state index in [9.17, 15) is 24.6 Å². The number of nitrogens with two attached hydrogens (primary N) is 1. The second-order valence-electron chi connectivity index (χ2n) is 6.61. The van der Waals surface area contributed by atoms with Crippen LogP contribution in [0.2, 0.25) is 0 Å². The van der Waals surface area contributed by atoms with Gasteiger partial charge in [-0.1, -0.05) is 34.1 Å². The minimum Gasteiger partial charge on any atom is -0.490 e. The van der Waals surface area contributed by atoms with E-state index >= 15 is 0 Å². The summed E-state index contributed by atoms with van der Waals surface area (Å²) >= 11 is 3.37. The summed E-state index contributed by atoms with van der Waals surface area (Å²) in [5.74, 6) is -2.89. The maximum Gasteiger partial charge on any atom is 0.342 e.